The fourth-order valence-corrected chi connectivity index (χ4v) is 2.87. The number of hydrogen-bond donors (Lipinski definition) is 2. The normalized spacial score (nSPS) is 27.0. The van der Waals surface area contributed by atoms with Gasteiger partial charge in [-0.3, -0.25) is 4.79 Å². The Labute approximate surface area is 126 Å². The minimum absolute atomic E-state index is 0.212. The average Bonchev–Trinajstić information content (AvgIpc) is 2.37. The van der Waals surface area contributed by atoms with Gasteiger partial charge < -0.3 is 20.1 Å². The van der Waals surface area contributed by atoms with E-state index in [0.29, 0.717) is 12.5 Å². The van der Waals surface area contributed by atoms with Gasteiger partial charge in [0.05, 0.1) is 18.1 Å². The minimum atomic E-state index is -0.889. The van der Waals surface area contributed by atoms with Crippen LogP contribution in [0.2, 0.25) is 0 Å². The topological polar surface area (TPSA) is 78.9 Å². The van der Waals surface area contributed by atoms with Gasteiger partial charge in [0.1, 0.15) is 0 Å². The number of nitrogens with one attached hydrogen (secondary N) is 1. The number of carbonyl (C=O) groups is 2. The monoisotopic (exact) mass is 300 g/mol. The van der Waals surface area contributed by atoms with Gasteiger partial charge in [-0.25, -0.2) is 4.79 Å². The van der Waals surface area contributed by atoms with E-state index in [1.54, 1.807) is 14.0 Å². The summed E-state index contributed by atoms with van der Waals surface area (Å²) in [4.78, 5) is 24.1. The third-order valence-corrected chi connectivity index (χ3v) is 3.94. The van der Waals surface area contributed by atoms with Crippen LogP contribution in [0.15, 0.2) is 0 Å². The lowest BCUT2D eigenvalue weighted by molar-refractivity contribution is -0.141. The molecule has 1 heterocycles. The molecule has 2 amide bonds. The lowest BCUT2D eigenvalue weighted by atomic mass is 9.90. The van der Waals surface area contributed by atoms with E-state index in [9.17, 15) is 9.59 Å². The lowest BCUT2D eigenvalue weighted by Crippen LogP contribution is -2.41. The van der Waals surface area contributed by atoms with Crippen LogP contribution in [-0.4, -0.2) is 54.4 Å². The Bertz CT molecular complexity index is 352. The summed E-state index contributed by atoms with van der Waals surface area (Å²) in [5.74, 6) is -0.870. The second-order valence-corrected chi connectivity index (χ2v) is 6.24. The van der Waals surface area contributed by atoms with Crippen molar-refractivity contribution in [2.45, 2.75) is 52.2 Å². The number of hydrogen-bond acceptors (Lipinski definition) is 3. The van der Waals surface area contributed by atoms with Gasteiger partial charge in [-0.1, -0.05) is 6.92 Å². The molecule has 3 unspecified atom stereocenters. The van der Waals surface area contributed by atoms with Crippen LogP contribution in [0.4, 0.5) is 4.79 Å². The number of carbonyl (C=O) groups excluding carboxylic acids is 1. The fraction of sp³-hybridized carbons (Fsp3) is 0.867. The molecule has 6 heteroatoms. The first kappa shape index (κ1) is 17.8. The molecule has 0 spiro atoms. The summed E-state index contributed by atoms with van der Waals surface area (Å²) in [6.07, 6.45) is 3.58. The van der Waals surface area contributed by atoms with Gasteiger partial charge in [-0.05, 0) is 39.0 Å². The quantitative estimate of drug-likeness (QED) is 0.786. The van der Waals surface area contributed by atoms with E-state index in [1.807, 2.05) is 0 Å². The highest BCUT2D eigenvalue weighted by atomic mass is 16.5. The summed E-state index contributed by atoms with van der Waals surface area (Å²) in [6, 6.07) is -0.212. The van der Waals surface area contributed by atoms with E-state index in [-0.39, 0.29) is 24.8 Å². The summed E-state index contributed by atoms with van der Waals surface area (Å²) >= 11 is 0. The van der Waals surface area contributed by atoms with Gasteiger partial charge in [0, 0.05) is 20.1 Å². The fourth-order valence-electron chi connectivity index (χ4n) is 2.87. The van der Waals surface area contributed by atoms with E-state index in [1.165, 1.54) is 4.90 Å². The molecule has 0 saturated carbocycles. The maximum absolute atomic E-state index is 11.9. The number of aliphatic carboxylic acids is 1. The molecule has 122 valence electrons. The maximum atomic E-state index is 11.9. The molecule has 0 radical (unpaired) electrons. The standard InChI is InChI=1S/C15H28N2O4/c1-10(14(18)19)9-17(4)15(20)16-6-5-13-7-11(2)21-12(3)8-13/h10-13H,5-9H2,1-4H3,(H,16,20)(H,18,19). The van der Waals surface area contributed by atoms with Crippen LogP contribution in [0.1, 0.15) is 40.0 Å². The van der Waals surface area contributed by atoms with Gasteiger partial charge >= 0.3 is 12.0 Å². The van der Waals surface area contributed by atoms with E-state index in [0.717, 1.165) is 19.3 Å². The van der Waals surface area contributed by atoms with Crippen molar-refractivity contribution in [3.8, 4) is 0 Å². The van der Waals surface area contributed by atoms with E-state index in [2.05, 4.69) is 19.2 Å². The van der Waals surface area contributed by atoms with E-state index < -0.39 is 11.9 Å². The Kier molecular flexibility index (Phi) is 6.95. The van der Waals surface area contributed by atoms with Crippen LogP contribution in [-0.2, 0) is 9.53 Å². The van der Waals surface area contributed by atoms with Crippen molar-refractivity contribution in [1.82, 2.24) is 10.2 Å². The molecule has 1 aliphatic heterocycles. The van der Waals surface area contributed by atoms with Crippen LogP contribution in [0.3, 0.4) is 0 Å². The molecule has 1 saturated heterocycles. The van der Waals surface area contributed by atoms with Crippen LogP contribution < -0.4 is 5.32 Å². The highest BCUT2D eigenvalue weighted by Crippen LogP contribution is 2.26. The summed E-state index contributed by atoms with van der Waals surface area (Å²) in [5.41, 5.74) is 0. The molecule has 2 N–H and O–H groups in total. The number of nitrogens with zero attached hydrogens (tertiary/aromatic N) is 1. The molecular weight excluding hydrogens is 272 g/mol. The minimum Gasteiger partial charge on any atom is -0.481 e. The number of carboxylic acids is 1. The van der Waals surface area contributed by atoms with Gasteiger partial charge in [-0.2, -0.15) is 0 Å². The SMILES string of the molecule is CC1CC(CCNC(=O)N(C)CC(C)C(=O)O)CC(C)O1. The zero-order valence-electron chi connectivity index (χ0n) is 13.5. The smallest absolute Gasteiger partial charge is 0.317 e. The van der Waals surface area contributed by atoms with Crippen LogP contribution in [0.25, 0.3) is 0 Å². The van der Waals surface area contributed by atoms with Crippen molar-refractivity contribution in [1.29, 1.82) is 0 Å². The highest BCUT2D eigenvalue weighted by molar-refractivity contribution is 5.75. The van der Waals surface area contributed by atoms with Crippen molar-refractivity contribution in [2.75, 3.05) is 20.1 Å². The number of amides is 2. The van der Waals surface area contributed by atoms with Crippen LogP contribution in [0.5, 0.6) is 0 Å². The molecule has 6 nitrogen and oxygen atoms in total. The van der Waals surface area contributed by atoms with E-state index >= 15 is 0 Å². The second kappa shape index (κ2) is 8.22. The van der Waals surface area contributed by atoms with Gasteiger partial charge in [0.25, 0.3) is 0 Å². The Morgan fingerprint density at radius 2 is 1.90 bits per heavy atom. The average molecular weight is 300 g/mol. The third kappa shape index (κ3) is 6.33. The largest absolute Gasteiger partial charge is 0.481 e. The molecule has 3 atom stereocenters. The van der Waals surface area contributed by atoms with Crippen molar-refractivity contribution in [2.24, 2.45) is 11.8 Å². The molecule has 1 rings (SSSR count). The zero-order valence-corrected chi connectivity index (χ0v) is 13.5. The molecular formula is C15H28N2O4. The first-order valence-corrected chi connectivity index (χ1v) is 7.66. The first-order valence-electron chi connectivity index (χ1n) is 7.66. The predicted molar refractivity (Wildman–Crippen MR) is 80.2 cm³/mol. The molecule has 21 heavy (non-hydrogen) atoms. The third-order valence-electron chi connectivity index (χ3n) is 3.94. The van der Waals surface area contributed by atoms with Gasteiger partial charge in [0.15, 0.2) is 0 Å². The predicted octanol–water partition coefficient (Wildman–Crippen LogP) is 1.94. The van der Waals surface area contributed by atoms with Crippen molar-refractivity contribution in [3.63, 3.8) is 0 Å². The summed E-state index contributed by atoms with van der Waals surface area (Å²) in [6.45, 7) is 6.60. The van der Waals surface area contributed by atoms with Gasteiger partial charge in [-0.15, -0.1) is 0 Å². The number of ether oxygens (including phenoxy) is 1. The molecule has 0 bridgehead atoms. The maximum Gasteiger partial charge on any atom is 0.317 e. The molecule has 0 aliphatic carbocycles. The molecule has 1 fully saturated rings. The first-order chi connectivity index (χ1) is 9.79. The van der Waals surface area contributed by atoms with E-state index in [4.69, 9.17) is 9.84 Å². The number of urea groups is 1. The zero-order chi connectivity index (χ0) is 16.0. The Hall–Kier alpha value is -1.30. The number of carboxylic acid groups (broad SMARTS) is 1. The summed E-state index contributed by atoms with van der Waals surface area (Å²) in [7, 11) is 1.62. The Morgan fingerprint density at radius 3 is 2.43 bits per heavy atom. The molecule has 0 aromatic rings. The Balaban J connectivity index is 2.25. The van der Waals surface area contributed by atoms with Crippen molar-refractivity contribution >= 4 is 12.0 Å². The lowest BCUT2D eigenvalue weighted by Gasteiger charge is -2.32. The Morgan fingerprint density at radius 1 is 1.33 bits per heavy atom. The molecule has 0 aromatic carbocycles. The molecule has 1 aliphatic rings. The van der Waals surface area contributed by atoms with Crippen molar-refractivity contribution < 1.29 is 19.4 Å². The summed E-state index contributed by atoms with van der Waals surface area (Å²) in [5, 5.41) is 11.7. The summed E-state index contributed by atoms with van der Waals surface area (Å²) < 4.78 is 5.70. The van der Waals surface area contributed by atoms with Crippen LogP contribution >= 0.6 is 0 Å². The molecule has 0 aromatic heterocycles. The van der Waals surface area contributed by atoms with Crippen molar-refractivity contribution in [3.05, 3.63) is 0 Å². The highest BCUT2D eigenvalue weighted by Gasteiger charge is 2.24. The van der Waals surface area contributed by atoms with Crippen LogP contribution in [0, 0.1) is 11.8 Å². The number of rotatable bonds is 6. The van der Waals surface area contributed by atoms with Gasteiger partial charge in [0.2, 0.25) is 0 Å². The second-order valence-electron chi connectivity index (χ2n) is 6.24.